The van der Waals surface area contributed by atoms with Crippen molar-refractivity contribution in [3.8, 4) is 0 Å². The number of aromatic amines is 1. The zero-order chi connectivity index (χ0) is 25.5. The molecule has 0 radical (unpaired) electrons. The van der Waals surface area contributed by atoms with Crippen molar-refractivity contribution < 1.29 is 30.8 Å². The van der Waals surface area contributed by atoms with Gasteiger partial charge in [0.05, 0.1) is 17.0 Å². The lowest BCUT2D eigenvalue weighted by atomic mass is 9.98. The molecule has 1 aliphatic heterocycles. The molecule has 186 valence electrons. The molecule has 2 aromatic carbocycles. The predicted molar refractivity (Wildman–Crippen MR) is 120 cm³/mol. The number of alkyl halides is 3. The molecule has 1 aromatic heterocycles. The van der Waals surface area contributed by atoms with E-state index in [4.69, 9.17) is 0 Å². The quantitative estimate of drug-likeness (QED) is 0.486. The molecule has 0 saturated carbocycles. The number of amides is 1. The molecule has 7 nitrogen and oxygen atoms in total. The normalized spacial score (nSPS) is 14.2. The van der Waals surface area contributed by atoms with E-state index in [0.29, 0.717) is 24.7 Å². The van der Waals surface area contributed by atoms with Crippen LogP contribution < -0.4 is 5.32 Å². The van der Waals surface area contributed by atoms with Crippen LogP contribution in [-0.4, -0.2) is 41.0 Å². The molecule has 1 aliphatic rings. The fraction of sp³-hybridized carbons (Fsp3) is 0.304. The minimum atomic E-state index is -4.77. The molecule has 0 fully saturated rings. The molecule has 0 unspecified atom stereocenters. The van der Waals surface area contributed by atoms with Crippen molar-refractivity contribution >= 4 is 27.1 Å². The van der Waals surface area contributed by atoms with Gasteiger partial charge in [0.25, 0.3) is 5.91 Å². The summed E-state index contributed by atoms with van der Waals surface area (Å²) < 4.78 is 76.6. The van der Waals surface area contributed by atoms with Gasteiger partial charge >= 0.3 is 6.18 Å². The first-order valence-electron chi connectivity index (χ1n) is 10.7. The SMILES string of the molecule is CC(C)S(=O)(=O)c1ncc(C(=O)N2CCc3cc(Nc4ccc(C(F)(F)F)c(F)c4)ccc3C2)[nH]1. The fourth-order valence-corrected chi connectivity index (χ4v) is 4.64. The van der Waals surface area contributed by atoms with Crippen LogP contribution in [0.3, 0.4) is 0 Å². The number of rotatable bonds is 5. The minimum Gasteiger partial charge on any atom is -0.355 e. The highest BCUT2D eigenvalue weighted by atomic mass is 32.2. The number of anilines is 2. The molecule has 0 bridgehead atoms. The van der Waals surface area contributed by atoms with Gasteiger partial charge in [0.15, 0.2) is 0 Å². The molecule has 35 heavy (non-hydrogen) atoms. The van der Waals surface area contributed by atoms with Crippen LogP contribution in [0.1, 0.15) is 41.0 Å². The Morgan fingerprint density at radius 1 is 1.11 bits per heavy atom. The van der Waals surface area contributed by atoms with Crippen molar-refractivity contribution in [3.05, 3.63) is 70.8 Å². The Labute approximate surface area is 199 Å². The summed E-state index contributed by atoms with van der Waals surface area (Å²) in [4.78, 5) is 20.9. The van der Waals surface area contributed by atoms with Crippen LogP contribution in [0.15, 0.2) is 47.8 Å². The van der Waals surface area contributed by atoms with Crippen molar-refractivity contribution in [2.24, 2.45) is 0 Å². The molecule has 2 heterocycles. The molecule has 1 amide bonds. The Morgan fingerprint density at radius 3 is 2.46 bits per heavy atom. The van der Waals surface area contributed by atoms with E-state index < -0.39 is 32.6 Å². The molecule has 0 spiro atoms. The second-order valence-electron chi connectivity index (χ2n) is 8.47. The zero-order valence-electron chi connectivity index (χ0n) is 18.8. The van der Waals surface area contributed by atoms with Crippen LogP contribution in [0.4, 0.5) is 28.9 Å². The molecule has 2 N–H and O–H groups in total. The van der Waals surface area contributed by atoms with Gasteiger partial charge in [-0.2, -0.15) is 13.2 Å². The van der Waals surface area contributed by atoms with Gasteiger partial charge in [0.2, 0.25) is 15.0 Å². The van der Waals surface area contributed by atoms with Crippen LogP contribution in [-0.2, 0) is 29.0 Å². The Kier molecular flexibility index (Phi) is 6.34. The van der Waals surface area contributed by atoms with Gasteiger partial charge in [-0.05, 0) is 61.7 Å². The van der Waals surface area contributed by atoms with E-state index in [1.54, 1.807) is 23.1 Å². The number of sulfone groups is 1. The lowest BCUT2D eigenvalue weighted by Crippen LogP contribution is -2.36. The smallest absolute Gasteiger partial charge is 0.355 e. The third-order valence-corrected chi connectivity index (χ3v) is 7.73. The van der Waals surface area contributed by atoms with Gasteiger partial charge < -0.3 is 15.2 Å². The van der Waals surface area contributed by atoms with Gasteiger partial charge in [0.1, 0.15) is 11.5 Å². The molecule has 0 aliphatic carbocycles. The predicted octanol–water partition coefficient (Wildman–Crippen LogP) is 4.69. The Balaban J connectivity index is 1.47. The molecular formula is C23H22F4N4O3S. The van der Waals surface area contributed by atoms with E-state index in [9.17, 15) is 30.8 Å². The molecule has 3 aromatic rings. The van der Waals surface area contributed by atoms with E-state index in [0.717, 1.165) is 23.3 Å². The first-order valence-corrected chi connectivity index (χ1v) is 12.2. The highest BCUT2D eigenvalue weighted by Gasteiger charge is 2.34. The summed E-state index contributed by atoms with van der Waals surface area (Å²) in [6.07, 6.45) is -3.05. The van der Waals surface area contributed by atoms with Crippen molar-refractivity contribution in [1.29, 1.82) is 0 Å². The number of carbonyl (C=O) groups excluding carboxylic acids is 1. The average molecular weight is 511 g/mol. The van der Waals surface area contributed by atoms with Gasteiger partial charge in [0, 0.05) is 24.5 Å². The van der Waals surface area contributed by atoms with Crippen molar-refractivity contribution in [2.45, 2.75) is 43.4 Å². The summed E-state index contributed by atoms with van der Waals surface area (Å²) in [7, 11) is -3.64. The van der Waals surface area contributed by atoms with E-state index >= 15 is 0 Å². The lowest BCUT2D eigenvalue weighted by Gasteiger charge is -2.29. The average Bonchev–Trinajstić information content (AvgIpc) is 3.28. The van der Waals surface area contributed by atoms with Crippen LogP contribution in [0, 0.1) is 5.82 Å². The summed E-state index contributed by atoms with van der Waals surface area (Å²) in [6, 6.07) is 7.90. The van der Waals surface area contributed by atoms with Gasteiger partial charge in [-0.15, -0.1) is 0 Å². The first-order chi connectivity index (χ1) is 16.4. The number of nitrogens with zero attached hydrogens (tertiary/aromatic N) is 2. The second kappa shape index (κ2) is 8.99. The van der Waals surface area contributed by atoms with Crippen molar-refractivity contribution in [1.82, 2.24) is 14.9 Å². The maximum absolute atomic E-state index is 13.8. The van der Waals surface area contributed by atoms with Gasteiger partial charge in [-0.1, -0.05) is 6.07 Å². The van der Waals surface area contributed by atoms with E-state index in [2.05, 4.69) is 15.3 Å². The van der Waals surface area contributed by atoms with Crippen molar-refractivity contribution in [2.75, 3.05) is 11.9 Å². The summed E-state index contributed by atoms with van der Waals surface area (Å²) in [5.74, 6) is -1.74. The molecular weight excluding hydrogens is 488 g/mol. The number of imidazole rings is 1. The van der Waals surface area contributed by atoms with Crippen LogP contribution in [0.25, 0.3) is 0 Å². The molecule has 4 rings (SSSR count). The standard InChI is InChI=1S/C23H22F4N4O3S/c1-13(2)35(33,34)22-28-11-20(30-22)21(32)31-8-7-14-9-16(4-3-15(14)12-31)29-17-5-6-18(19(24)10-17)23(25,26)27/h3-6,9-11,13,29H,7-8,12H2,1-2H3,(H,28,30). The van der Waals surface area contributed by atoms with E-state index in [1.807, 2.05) is 0 Å². The third kappa shape index (κ3) is 5.02. The number of hydrogen-bond donors (Lipinski definition) is 2. The summed E-state index contributed by atoms with van der Waals surface area (Å²) >= 11 is 0. The van der Waals surface area contributed by atoms with Gasteiger partial charge in [-0.3, -0.25) is 4.79 Å². The maximum atomic E-state index is 13.8. The topological polar surface area (TPSA) is 95.2 Å². The number of fused-ring (bicyclic) bond motifs is 1. The highest BCUT2D eigenvalue weighted by molar-refractivity contribution is 7.91. The number of halogens is 4. The van der Waals surface area contributed by atoms with Gasteiger partial charge in [-0.25, -0.2) is 17.8 Å². The van der Waals surface area contributed by atoms with Crippen LogP contribution in [0.5, 0.6) is 0 Å². The number of hydrogen-bond acceptors (Lipinski definition) is 5. The second-order valence-corrected chi connectivity index (χ2v) is 10.9. The number of carbonyl (C=O) groups is 1. The Bertz CT molecular complexity index is 1380. The monoisotopic (exact) mass is 510 g/mol. The Hall–Kier alpha value is -3.41. The third-order valence-electron chi connectivity index (χ3n) is 5.74. The summed E-state index contributed by atoms with van der Waals surface area (Å²) in [5, 5.41) is 1.97. The molecule has 0 atom stereocenters. The zero-order valence-corrected chi connectivity index (χ0v) is 19.6. The largest absolute Gasteiger partial charge is 0.419 e. The lowest BCUT2D eigenvalue weighted by molar-refractivity contribution is -0.139. The number of aromatic nitrogens is 2. The highest BCUT2D eigenvalue weighted by Crippen LogP contribution is 2.33. The van der Waals surface area contributed by atoms with Crippen LogP contribution in [0.2, 0.25) is 0 Å². The summed E-state index contributed by atoms with van der Waals surface area (Å²) in [6.45, 7) is 3.71. The molecule has 0 saturated heterocycles. The minimum absolute atomic E-state index is 0.0790. The van der Waals surface area contributed by atoms with Crippen molar-refractivity contribution in [3.63, 3.8) is 0 Å². The summed E-state index contributed by atoms with van der Waals surface area (Å²) in [5.41, 5.74) is 1.29. The van der Waals surface area contributed by atoms with E-state index in [1.165, 1.54) is 20.0 Å². The number of H-pyrrole nitrogens is 1. The number of benzene rings is 2. The first kappa shape index (κ1) is 24.7. The van der Waals surface area contributed by atoms with Crippen LogP contribution >= 0.6 is 0 Å². The molecule has 12 heteroatoms. The number of nitrogens with one attached hydrogen (secondary N) is 2. The van der Waals surface area contributed by atoms with E-state index in [-0.39, 0.29) is 29.0 Å². The maximum Gasteiger partial charge on any atom is 0.419 e. The Morgan fingerprint density at radius 2 is 1.80 bits per heavy atom. The fourth-order valence-electron chi connectivity index (χ4n) is 3.74.